The molecule has 2 heterocycles. The summed E-state index contributed by atoms with van der Waals surface area (Å²) in [6.07, 6.45) is 0.383. The SMILES string of the molecule is Cc1cc(C[C@@H]2CN(Cc3ccc(Oc4ccc(C)c(C)c4)cc3)C[C@H]2O)on1. The molecular weight excluding hydrogens is 364 g/mol. The molecule has 0 amide bonds. The van der Waals surface area contributed by atoms with E-state index in [1.54, 1.807) is 0 Å². The van der Waals surface area contributed by atoms with Gasteiger partial charge in [-0.15, -0.1) is 0 Å². The average molecular weight is 392 g/mol. The number of aliphatic hydroxyl groups is 1. The van der Waals surface area contributed by atoms with E-state index in [4.69, 9.17) is 9.26 Å². The van der Waals surface area contributed by atoms with Crippen LogP contribution >= 0.6 is 0 Å². The smallest absolute Gasteiger partial charge is 0.137 e. The molecule has 1 saturated heterocycles. The Bertz CT molecular complexity index is 965. The van der Waals surface area contributed by atoms with Gasteiger partial charge in [0.1, 0.15) is 17.3 Å². The Hall–Kier alpha value is -2.63. The van der Waals surface area contributed by atoms with Crippen LogP contribution in [0.4, 0.5) is 0 Å². The summed E-state index contributed by atoms with van der Waals surface area (Å²) in [6, 6.07) is 16.3. The van der Waals surface area contributed by atoms with Gasteiger partial charge < -0.3 is 14.4 Å². The minimum Gasteiger partial charge on any atom is -0.457 e. The van der Waals surface area contributed by atoms with Crippen molar-refractivity contribution < 1.29 is 14.4 Å². The van der Waals surface area contributed by atoms with Crippen molar-refractivity contribution in [2.75, 3.05) is 13.1 Å². The lowest BCUT2D eigenvalue weighted by Crippen LogP contribution is -2.21. The number of hydrogen-bond acceptors (Lipinski definition) is 5. The number of β-amino-alcohol motifs (C(OH)–C–C–N with tert-alkyl or cyclic N) is 1. The summed E-state index contributed by atoms with van der Waals surface area (Å²) >= 11 is 0. The molecule has 1 fully saturated rings. The number of rotatable bonds is 6. The molecule has 1 aliphatic heterocycles. The third-order valence-electron chi connectivity index (χ3n) is 5.67. The third-order valence-corrected chi connectivity index (χ3v) is 5.67. The maximum Gasteiger partial charge on any atom is 0.137 e. The van der Waals surface area contributed by atoms with Crippen molar-refractivity contribution in [3.63, 3.8) is 0 Å². The monoisotopic (exact) mass is 392 g/mol. The van der Waals surface area contributed by atoms with Gasteiger partial charge in [-0.3, -0.25) is 4.90 Å². The number of aromatic nitrogens is 1. The number of hydrogen-bond donors (Lipinski definition) is 1. The van der Waals surface area contributed by atoms with Crippen molar-refractivity contribution in [3.8, 4) is 11.5 Å². The molecular formula is C24H28N2O3. The summed E-state index contributed by atoms with van der Waals surface area (Å²) in [6.45, 7) is 8.44. The van der Waals surface area contributed by atoms with Gasteiger partial charge >= 0.3 is 0 Å². The molecule has 4 rings (SSSR count). The summed E-state index contributed by atoms with van der Waals surface area (Å²) in [7, 11) is 0. The van der Waals surface area contributed by atoms with Gasteiger partial charge in [-0.2, -0.15) is 0 Å². The second-order valence-electron chi connectivity index (χ2n) is 8.15. The zero-order chi connectivity index (χ0) is 20.4. The van der Waals surface area contributed by atoms with Gasteiger partial charge in [0.05, 0.1) is 11.8 Å². The van der Waals surface area contributed by atoms with Gasteiger partial charge in [-0.1, -0.05) is 23.4 Å². The summed E-state index contributed by atoms with van der Waals surface area (Å²) in [5.74, 6) is 2.71. The summed E-state index contributed by atoms with van der Waals surface area (Å²) in [5.41, 5.74) is 4.58. The Morgan fingerprint density at radius 1 is 1.00 bits per heavy atom. The number of aliphatic hydroxyl groups excluding tert-OH is 1. The molecule has 1 aliphatic rings. The molecule has 0 unspecified atom stereocenters. The molecule has 1 aromatic heterocycles. The van der Waals surface area contributed by atoms with Crippen LogP contribution in [-0.2, 0) is 13.0 Å². The zero-order valence-electron chi connectivity index (χ0n) is 17.3. The lowest BCUT2D eigenvalue weighted by atomic mass is 10.0. The molecule has 152 valence electrons. The number of nitrogens with zero attached hydrogens (tertiary/aromatic N) is 2. The molecule has 2 aromatic carbocycles. The number of likely N-dealkylation sites (tertiary alicyclic amines) is 1. The first kappa shape index (κ1) is 19.7. The lowest BCUT2D eigenvalue weighted by molar-refractivity contribution is 0.137. The largest absolute Gasteiger partial charge is 0.457 e. The van der Waals surface area contributed by atoms with Gasteiger partial charge in [-0.05, 0) is 61.7 Å². The van der Waals surface area contributed by atoms with Crippen LogP contribution in [0.5, 0.6) is 11.5 Å². The Kier molecular flexibility index (Phi) is 5.69. The van der Waals surface area contributed by atoms with E-state index in [1.807, 2.05) is 31.2 Å². The van der Waals surface area contributed by atoms with Crippen molar-refractivity contribution in [1.29, 1.82) is 0 Å². The third kappa shape index (κ3) is 4.86. The Morgan fingerprint density at radius 2 is 1.76 bits per heavy atom. The average Bonchev–Trinajstić information content (AvgIpc) is 3.25. The fourth-order valence-corrected chi connectivity index (χ4v) is 3.88. The van der Waals surface area contributed by atoms with E-state index in [0.717, 1.165) is 42.5 Å². The van der Waals surface area contributed by atoms with E-state index in [-0.39, 0.29) is 12.0 Å². The molecule has 29 heavy (non-hydrogen) atoms. The minimum absolute atomic E-state index is 0.176. The quantitative estimate of drug-likeness (QED) is 0.673. The summed E-state index contributed by atoms with van der Waals surface area (Å²) in [4.78, 5) is 2.29. The predicted molar refractivity (Wildman–Crippen MR) is 112 cm³/mol. The van der Waals surface area contributed by atoms with Crippen molar-refractivity contribution >= 4 is 0 Å². The molecule has 0 bridgehead atoms. The molecule has 0 aliphatic carbocycles. The number of benzene rings is 2. The van der Waals surface area contributed by atoms with Crippen LogP contribution in [-0.4, -0.2) is 34.4 Å². The Balaban J connectivity index is 1.33. The van der Waals surface area contributed by atoms with Crippen LogP contribution in [0.1, 0.15) is 28.1 Å². The van der Waals surface area contributed by atoms with Crippen molar-refractivity contribution in [1.82, 2.24) is 10.1 Å². The Morgan fingerprint density at radius 3 is 2.45 bits per heavy atom. The van der Waals surface area contributed by atoms with E-state index in [9.17, 15) is 5.11 Å². The summed E-state index contributed by atoms with van der Waals surface area (Å²) < 4.78 is 11.3. The van der Waals surface area contributed by atoms with E-state index in [2.05, 4.69) is 48.2 Å². The van der Waals surface area contributed by atoms with Crippen LogP contribution in [0.2, 0.25) is 0 Å². The highest BCUT2D eigenvalue weighted by Gasteiger charge is 2.32. The topological polar surface area (TPSA) is 58.7 Å². The molecule has 0 spiro atoms. The summed E-state index contributed by atoms with van der Waals surface area (Å²) in [5, 5.41) is 14.4. The maximum absolute atomic E-state index is 10.4. The molecule has 2 atom stereocenters. The van der Waals surface area contributed by atoms with Gasteiger partial charge in [-0.25, -0.2) is 0 Å². The maximum atomic E-state index is 10.4. The Labute approximate surface area is 171 Å². The van der Waals surface area contributed by atoms with E-state index in [0.29, 0.717) is 6.54 Å². The molecule has 5 nitrogen and oxygen atoms in total. The van der Waals surface area contributed by atoms with Crippen LogP contribution in [0.25, 0.3) is 0 Å². The molecule has 0 saturated carbocycles. The zero-order valence-corrected chi connectivity index (χ0v) is 17.3. The van der Waals surface area contributed by atoms with Gasteiger partial charge in [0.25, 0.3) is 0 Å². The van der Waals surface area contributed by atoms with Crippen LogP contribution < -0.4 is 4.74 Å². The van der Waals surface area contributed by atoms with Gasteiger partial charge in [0.2, 0.25) is 0 Å². The predicted octanol–water partition coefficient (Wildman–Crippen LogP) is 4.43. The first-order chi connectivity index (χ1) is 14.0. The van der Waals surface area contributed by atoms with E-state index >= 15 is 0 Å². The van der Waals surface area contributed by atoms with Crippen LogP contribution in [0, 0.1) is 26.7 Å². The number of aryl methyl sites for hydroxylation is 3. The fraction of sp³-hybridized carbons (Fsp3) is 0.375. The first-order valence-corrected chi connectivity index (χ1v) is 10.1. The molecule has 5 heteroatoms. The first-order valence-electron chi connectivity index (χ1n) is 10.1. The van der Waals surface area contributed by atoms with Crippen molar-refractivity contribution in [3.05, 3.63) is 76.7 Å². The van der Waals surface area contributed by atoms with Crippen LogP contribution in [0.15, 0.2) is 53.1 Å². The van der Waals surface area contributed by atoms with Crippen molar-refractivity contribution in [2.24, 2.45) is 5.92 Å². The second kappa shape index (κ2) is 8.39. The van der Waals surface area contributed by atoms with E-state index < -0.39 is 0 Å². The highest BCUT2D eigenvalue weighted by atomic mass is 16.5. The molecule has 3 aromatic rings. The standard InChI is InChI=1S/C24H28N2O3/c1-16-4-7-22(10-17(16)2)28-21-8-5-19(6-9-21)13-26-14-20(24(27)15-26)12-23-11-18(3)25-29-23/h4-11,20,24,27H,12-15H2,1-3H3/t20-,24-/m1/s1. The minimum atomic E-state index is -0.340. The highest BCUT2D eigenvalue weighted by molar-refractivity contribution is 5.38. The molecule has 0 radical (unpaired) electrons. The fourth-order valence-electron chi connectivity index (χ4n) is 3.88. The van der Waals surface area contributed by atoms with Crippen molar-refractivity contribution in [2.45, 2.75) is 39.8 Å². The van der Waals surface area contributed by atoms with E-state index in [1.165, 1.54) is 16.7 Å². The lowest BCUT2D eigenvalue weighted by Gasteiger charge is -2.16. The van der Waals surface area contributed by atoms with Gasteiger partial charge in [0.15, 0.2) is 0 Å². The number of ether oxygens (including phenoxy) is 1. The highest BCUT2D eigenvalue weighted by Crippen LogP contribution is 2.26. The second-order valence-corrected chi connectivity index (χ2v) is 8.15. The van der Waals surface area contributed by atoms with Gasteiger partial charge in [0, 0.05) is 38.0 Å². The molecule has 1 N–H and O–H groups in total. The normalized spacial score (nSPS) is 19.6. The van der Waals surface area contributed by atoms with Crippen LogP contribution in [0.3, 0.4) is 0 Å².